The first kappa shape index (κ1) is 13.4. The van der Waals surface area contributed by atoms with Crippen LogP contribution in [0.4, 0.5) is 5.69 Å². The molecule has 0 aromatic carbocycles. The van der Waals surface area contributed by atoms with Crippen LogP contribution in [-0.2, 0) is 0 Å². The van der Waals surface area contributed by atoms with Gasteiger partial charge in [0.05, 0.1) is 10.4 Å². The highest BCUT2D eigenvalue weighted by Crippen LogP contribution is 2.34. The molecule has 2 atom stereocenters. The number of fused-ring (bicyclic) bond motifs is 1. The molecule has 1 aliphatic rings. The molecule has 2 aromatic rings. The molecule has 2 aromatic heterocycles. The van der Waals surface area contributed by atoms with E-state index in [1.165, 1.54) is 17.8 Å². The number of aromatic nitrogens is 1. The highest BCUT2D eigenvalue weighted by atomic mass is 32.1. The molecular weight excluding hydrogens is 270 g/mol. The fourth-order valence-corrected chi connectivity index (χ4v) is 4.16. The first-order valence-electron chi connectivity index (χ1n) is 6.97. The van der Waals surface area contributed by atoms with E-state index in [4.69, 9.17) is 5.73 Å². The molecule has 1 amide bonds. The molecule has 0 aliphatic carbocycles. The molecule has 2 N–H and O–H groups in total. The largest absolute Gasteiger partial charge is 0.397 e. The standard InChI is InChI=1S/C15H19N3OS/c1-9-5-10(2)8-18(7-9)15(19)14-13(16)11-3-4-17-6-12(11)20-14/h3-4,6,9-10H,5,7-8,16H2,1-2H3. The van der Waals surface area contributed by atoms with Crippen LogP contribution in [-0.4, -0.2) is 28.9 Å². The minimum Gasteiger partial charge on any atom is -0.397 e. The van der Waals surface area contributed by atoms with Gasteiger partial charge >= 0.3 is 0 Å². The van der Waals surface area contributed by atoms with Gasteiger partial charge in [0.25, 0.3) is 5.91 Å². The van der Waals surface area contributed by atoms with Gasteiger partial charge in [-0.05, 0) is 24.3 Å². The average Bonchev–Trinajstić information content (AvgIpc) is 2.75. The lowest BCUT2D eigenvalue weighted by molar-refractivity contribution is 0.0629. The number of hydrogen-bond acceptors (Lipinski definition) is 4. The van der Waals surface area contributed by atoms with Gasteiger partial charge in [-0.3, -0.25) is 9.78 Å². The Balaban J connectivity index is 1.94. The van der Waals surface area contributed by atoms with Gasteiger partial charge in [-0.25, -0.2) is 0 Å². The number of anilines is 1. The van der Waals surface area contributed by atoms with Gasteiger partial charge in [0.1, 0.15) is 4.88 Å². The second kappa shape index (κ2) is 5.05. The summed E-state index contributed by atoms with van der Waals surface area (Å²) < 4.78 is 0.978. The van der Waals surface area contributed by atoms with Crippen molar-refractivity contribution in [1.29, 1.82) is 0 Å². The molecule has 0 radical (unpaired) electrons. The summed E-state index contributed by atoms with van der Waals surface area (Å²) in [5.74, 6) is 1.18. The summed E-state index contributed by atoms with van der Waals surface area (Å²) in [6.45, 7) is 6.06. The van der Waals surface area contributed by atoms with Crippen LogP contribution in [0.25, 0.3) is 10.1 Å². The average molecular weight is 289 g/mol. The molecule has 4 nitrogen and oxygen atoms in total. The maximum atomic E-state index is 12.7. The van der Waals surface area contributed by atoms with Crippen molar-refractivity contribution in [3.05, 3.63) is 23.3 Å². The molecule has 0 saturated carbocycles. The minimum absolute atomic E-state index is 0.0714. The third-order valence-corrected chi connectivity index (χ3v) is 5.03. The number of carbonyl (C=O) groups excluding carboxylic acids is 1. The predicted molar refractivity (Wildman–Crippen MR) is 82.9 cm³/mol. The van der Waals surface area contributed by atoms with E-state index in [1.54, 1.807) is 12.4 Å². The highest BCUT2D eigenvalue weighted by Gasteiger charge is 2.28. The summed E-state index contributed by atoms with van der Waals surface area (Å²) in [5, 5.41) is 0.937. The Kier molecular flexibility index (Phi) is 3.38. The molecule has 3 heterocycles. The van der Waals surface area contributed by atoms with E-state index in [2.05, 4.69) is 18.8 Å². The molecule has 5 heteroatoms. The Morgan fingerprint density at radius 1 is 1.40 bits per heavy atom. The number of likely N-dealkylation sites (tertiary alicyclic amines) is 1. The summed E-state index contributed by atoms with van der Waals surface area (Å²) in [6.07, 6.45) is 4.68. The first-order chi connectivity index (χ1) is 9.56. The maximum absolute atomic E-state index is 12.7. The van der Waals surface area contributed by atoms with Crippen LogP contribution in [0.2, 0.25) is 0 Å². The predicted octanol–water partition coefficient (Wildman–Crippen LogP) is 3.00. The number of nitrogens with two attached hydrogens (primary N) is 1. The second-order valence-electron chi connectivity index (χ2n) is 5.87. The van der Waals surface area contributed by atoms with Crippen molar-refractivity contribution in [2.24, 2.45) is 11.8 Å². The van der Waals surface area contributed by atoms with Crippen LogP contribution in [0.15, 0.2) is 18.5 Å². The van der Waals surface area contributed by atoms with Crippen molar-refractivity contribution < 1.29 is 4.79 Å². The SMILES string of the molecule is CC1CC(C)CN(C(=O)c2sc3cnccc3c2N)C1. The number of hydrogen-bond donors (Lipinski definition) is 1. The van der Waals surface area contributed by atoms with Crippen LogP contribution in [0.5, 0.6) is 0 Å². The summed E-state index contributed by atoms with van der Waals surface area (Å²) in [6, 6.07) is 1.87. The molecule has 1 fully saturated rings. The van der Waals surface area contributed by atoms with E-state index in [9.17, 15) is 4.79 Å². The molecule has 2 unspecified atom stereocenters. The Hall–Kier alpha value is -1.62. The monoisotopic (exact) mass is 289 g/mol. The summed E-state index contributed by atoms with van der Waals surface area (Å²) >= 11 is 1.45. The fourth-order valence-electron chi connectivity index (χ4n) is 3.10. The van der Waals surface area contributed by atoms with E-state index in [0.29, 0.717) is 22.4 Å². The van der Waals surface area contributed by atoms with Gasteiger partial charge in [0.2, 0.25) is 0 Å². The molecule has 3 rings (SSSR count). The lowest BCUT2D eigenvalue weighted by Crippen LogP contribution is -2.42. The Morgan fingerprint density at radius 3 is 2.75 bits per heavy atom. The van der Waals surface area contributed by atoms with E-state index in [1.807, 2.05) is 11.0 Å². The Morgan fingerprint density at radius 2 is 2.10 bits per heavy atom. The molecule has 1 saturated heterocycles. The van der Waals surface area contributed by atoms with Crippen LogP contribution in [0.3, 0.4) is 0 Å². The highest BCUT2D eigenvalue weighted by molar-refractivity contribution is 7.21. The van der Waals surface area contributed by atoms with Gasteiger partial charge in [-0.1, -0.05) is 13.8 Å². The summed E-state index contributed by atoms with van der Waals surface area (Å²) in [5.41, 5.74) is 6.75. The molecule has 106 valence electrons. The molecule has 20 heavy (non-hydrogen) atoms. The van der Waals surface area contributed by atoms with Gasteiger partial charge in [-0.15, -0.1) is 11.3 Å². The van der Waals surface area contributed by atoms with Crippen molar-refractivity contribution >= 4 is 33.0 Å². The van der Waals surface area contributed by atoms with Crippen molar-refractivity contribution in [2.75, 3.05) is 18.8 Å². The Labute approximate surface area is 122 Å². The van der Waals surface area contributed by atoms with Crippen molar-refractivity contribution in [1.82, 2.24) is 9.88 Å². The zero-order valence-corrected chi connectivity index (χ0v) is 12.6. The summed E-state index contributed by atoms with van der Waals surface area (Å²) in [4.78, 5) is 19.4. The lowest BCUT2D eigenvalue weighted by Gasteiger charge is -2.34. The van der Waals surface area contributed by atoms with Gasteiger partial charge in [0, 0.05) is 30.9 Å². The van der Waals surface area contributed by atoms with Gasteiger partial charge < -0.3 is 10.6 Å². The third-order valence-electron chi connectivity index (χ3n) is 3.88. The van der Waals surface area contributed by atoms with E-state index in [-0.39, 0.29) is 5.91 Å². The zero-order chi connectivity index (χ0) is 14.3. The Bertz CT molecular complexity index is 642. The number of amides is 1. The molecule has 1 aliphatic heterocycles. The number of pyridine rings is 1. The van der Waals surface area contributed by atoms with Crippen LogP contribution in [0, 0.1) is 11.8 Å². The number of carbonyl (C=O) groups is 1. The van der Waals surface area contributed by atoms with Gasteiger partial charge in [-0.2, -0.15) is 0 Å². The lowest BCUT2D eigenvalue weighted by atomic mass is 9.92. The number of piperidine rings is 1. The normalized spacial score (nSPS) is 23.2. The van der Waals surface area contributed by atoms with Crippen molar-refractivity contribution in [3.8, 4) is 0 Å². The maximum Gasteiger partial charge on any atom is 0.266 e. The first-order valence-corrected chi connectivity index (χ1v) is 7.79. The third kappa shape index (κ3) is 2.26. The van der Waals surface area contributed by atoms with Gasteiger partial charge in [0.15, 0.2) is 0 Å². The second-order valence-corrected chi connectivity index (χ2v) is 6.93. The molecule has 0 bridgehead atoms. The quantitative estimate of drug-likeness (QED) is 0.878. The van der Waals surface area contributed by atoms with Crippen LogP contribution < -0.4 is 5.73 Å². The number of nitrogen functional groups attached to an aromatic ring is 1. The minimum atomic E-state index is 0.0714. The molecular formula is C15H19N3OS. The smallest absolute Gasteiger partial charge is 0.266 e. The van der Waals surface area contributed by atoms with Crippen molar-refractivity contribution in [2.45, 2.75) is 20.3 Å². The number of thiophene rings is 1. The van der Waals surface area contributed by atoms with E-state index >= 15 is 0 Å². The number of nitrogens with zero attached hydrogens (tertiary/aromatic N) is 2. The zero-order valence-electron chi connectivity index (χ0n) is 11.8. The van der Waals surface area contributed by atoms with E-state index in [0.717, 1.165) is 23.2 Å². The topological polar surface area (TPSA) is 59.2 Å². The summed E-state index contributed by atoms with van der Waals surface area (Å²) in [7, 11) is 0. The number of rotatable bonds is 1. The molecule has 0 spiro atoms. The van der Waals surface area contributed by atoms with E-state index < -0.39 is 0 Å². The fraction of sp³-hybridized carbons (Fsp3) is 0.467. The van der Waals surface area contributed by atoms with Crippen LogP contribution >= 0.6 is 11.3 Å². The van der Waals surface area contributed by atoms with Crippen molar-refractivity contribution in [3.63, 3.8) is 0 Å². The van der Waals surface area contributed by atoms with Crippen LogP contribution in [0.1, 0.15) is 29.9 Å².